The first-order chi connectivity index (χ1) is 9.29. The zero-order valence-corrected chi connectivity index (χ0v) is 12.8. The van der Waals surface area contributed by atoms with Gasteiger partial charge in [-0.15, -0.1) is 0 Å². The molecule has 0 amide bonds. The van der Waals surface area contributed by atoms with E-state index in [1.165, 1.54) is 22.0 Å². The maximum absolute atomic E-state index is 5.83. The molecular weight excluding hydrogens is 349 g/mol. The molecule has 0 radical (unpaired) electrons. The van der Waals surface area contributed by atoms with E-state index >= 15 is 0 Å². The third-order valence-electron chi connectivity index (χ3n) is 3.13. The number of ether oxygens (including phenoxy) is 1. The van der Waals surface area contributed by atoms with Gasteiger partial charge in [-0.2, -0.15) is 0 Å². The lowest BCUT2D eigenvalue weighted by molar-refractivity contribution is 0.482. The first kappa shape index (κ1) is 12.9. The second-order valence-corrected chi connectivity index (χ2v) is 6.10. The molecule has 0 bridgehead atoms. The van der Waals surface area contributed by atoms with E-state index in [1.807, 2.05) is 30.3 Å². The molecule has 0 heterocycles. The average Bonchev–Trinajstić information content (AvgIpc) is 3.22. The van der Waals surface area contributed by atoms with Gasteiger partial charge in [0.1, 0.15) is 11.5 Å². The minimum Gasteiger partial charge on any atom is -0.457 e. The van der Waals surface area contributed by atoms with E-state index in [0.29, 0.717) is 0 Å². The number of nitrogens with one attached hydrogen (secondary N) is 1. The highest BCUT2D eigenvalue weighted by molar-refractivity contribution is 14.1. The Morgan fingerprint density at radius 3 is 2.53 bits per heavy atom. The minimum atomic E-state index is 0.752. The van der Waals surface area contributed by atoms with Gasteiger partial charge in [0.05, 0.1) is 0 Å². The predicted octanol–water partition coefficient (Wildman–Crippen LogP) is 4.34. The van der Waals surface area contributed by atoms with Gasteiger partial charge >= 0.3 is 0 Å². The molecule has 0 atom stereocenters. The maximum atomic E-state index is 5.83. The van der Waals surface area contributed by atoms with Crippen molar-refractivity contribution in [1.82, 2.24) is 5.32 Å². The van der Waals surface area contributed by atoms with Gasteiger partial charge in [-0.1, -0.05) is 18.2 Å². The van der Waals surface area contributed by atoms with Gasteiger partial charge in [0.2, 0.25) is 0 Å². The summed E-state index contributed by atoms with van der Waals surface area (Å²) in [6.07, 6.45) is 2.65. The van der Waals surface area contributed by atoms with E-state index < -0.39 is 0 Å². The zero-order chi connectivity index (χ0) is 13.1. The third kappa shape index (κ3) is 3.94. The molecule has 3 heteroatoms. The Morgan fingerprint density at radius 2 is 1.84 bits per heavy atom. The summed E-state index contributed by atoms with van der Waals surface area (Å²) >= 11 is 2.29. The molecule has 2 nitrogen and oxygen atoms in total. The largest absolute Gasteiger partial charge is 0.457 e. The van der Waals surface area contributed by atoms with E-state index in [-0.39, 0.29) is 0 Å². The van der Waals surface area contributed by atoms with Crippen LogP contribution >= 0.6 is 22.6 Å². The van der Waals surface area contributed by atoms with Crippen molar-refractivity contribution >= 4 is 22.6 Å². The van der Waals surface area contributed by atoms with Crippen molar-refractivity contribution in [3.63, 3.8) is 0 Å². The molecule has 1 aliphatic carbocycles. The van der Waals surface area contributed by atoms with E-state index in [9.17, 15) is 0 Å². The maximum Gasteiger partial charge on any atom is 0.128 e. The molecule has 3 rings (SSSR count). The molecule has 1 aliphatic rings. The van der Waals surface area contributed by atoms with E-state index in [2.05, 4.69) is 46.1 Å². The van der Waals surface area contributed by atoms with Gasteiger partial charge in [0, 0.05) is 16.2 Å². The number of hydrogen-bond acceptors (Lipinski definition) is 2. The second kappa shape index (κ2) is 5.92. The Balaban J connectivity index is 1.61. The summed E-state index contributed by atoms with van der Waals surface area (Å²) < 4.78 is 7.01. The van der Waals surface area contributed by atoms with Gasteiger partial charge in [-0.25, -0.2) is 0 Å². The fourth-order valence-electron chi connectivity index (χ4n) is 1.89. The lowest BCUT2D eigenvalue weighted by Gasteiger charge is -2.07. The highest BCUT2D eigenvalue weighted by Crippen LogP contribution is 2.24. The Labute approximate surface area is 127 Å². The summed E-state index contributed by atoms with van der Waals surface area (Å²) in [5.41, 5.74) is 1.31. The van der Waals surface area contributed by atoms with Crippen LogP contribution in [0.1, 0.15) is 18.4 Å². The van der Waals surface area contributed by atoms with Crippen LogP contribution in [0, 0.1) is 3.57 Å². The van der Waals surface area contributed by atoms with Crippen LogP contribution in [0.25, 0.3) is 0 Å². The van der Waals surface area contributed by atoms with Crippen LogP contribution in [-0.2, 0) is 6.54 Å². The summed E-state index contributed by atoms with van der Waals surface area (Å²) in [6.45, 7) is 0.953. The molecule has 19 heavy (non-hydrogen) atoms. The summed E-state index contributed by atoms with van der Waals surface area (Å²) in [7, 11) is 0. The molecule has 1 saturated carbocycles. The normalized spacial score (nSPS) is 14.4. The standard InChI is InChI=1S/C16H16INO/c17-13-2-1-3-16(10-13)19-15-8-4-12(5-9-15)11-18-14-6-7-14/h1-5,8-10,14,18H,6-7,11H2. The van der Waals surface area contributed by atoms with Crippen LogP contribution in [0.15, 0.2) is 48.5 Å². The van der Waals surface area contributed by atoms with Crippen molar-refractivity contribution in [1.29, 1.82) is 0 Å². The molecular formula is C16H16INO. The minimum absolute atomic E-state index is 0.752. The second-order valence-electron chi connectivity index (χ2n) is 4.86. The van der Waals surface area contributed by atoms with Crippen LogP contribution < -0.4 is 10.1 Å². The number of hydrogen-bond donors (Lipinski definition) is 1. The molecule has 2 aromatic rings. The Kier molecular flexibility index (Phi) is 4.03. The fraction of sp³-hybridized carbons (Fsp3) is 0.250. The fourth-order valence-corrected chi connectivity index (χ4v) is 2.41. The monoisotopic (exact) mass is 365 g/mol. The zero-order valence-electron chi connectivity index (χ0n) is 10.6. The molecule has 98 valence electrons. The summed E-state index contributed by atoms with van der Waals surface area (Å²) in [4.78, 5) is 0. The van der Waals surface area contributed by atoms with Gasteiger partial charge in [0.15, 0.2) is 0 Å². The summed E-state index contributed by atoms with van der Waals surface area (Å²) in [5, 5.41) is 3.51. The number of benzene rings is 2. The quantitative estimate of drug-likeness (QED) is 0.797. The molecule has 1 N–H and O–H groups in total. The topological polar surface area (TPSA) is 21.3 Å². The summed E-state index contributed by atoms with van der Waals surface area (Å²) in [5.74, 6) is 1.77. The van der Waals surface area contributed by atoms with Crippen molar-refractivity contribution in [2.75, 3.05) is 0 Å². The molecule has 0 unspecified atom stereocenters. The molecule has 0 aliphatic heterocycles. The lowest BCUT2D eigenvalue weighted by Crippen LogP contribution is -2.14. The van der Waals surface area contributed by atoms with E-state index in [1.54, 1.807) is 0 Å². The Hall–Kier alpha value is -1.07. The first-order valence-corrected chi connectivity index (χ1v) is 7.63. The van der Waals surface area contributed by atoms with E-state index in [0.717, 1.165) is 24.1 Å². The number of halogens is 1. The van der Waals surface area contributed by atoms with Gasteiger partial charge in [0.25, 0.3) is 0 Å². The van der Waals surface area contributed by atoms with Crippen molar-refractivity contribution in [2.45, 2.75) is 25.4 Å². The van der Waals surface area contributed by atoms with Crippen molar-refractivity contribution in [3.8, 4) is 11.5 Å². The smallest absolute Gasteiger partial charge is 0.128 e. The Bertz CT molecular complexity index is 549. The molecule has 0 saturated heterocycles. The van der Waals surface area contributed by atoms with Crippen molar-refractivity contribution in [3.05, 3.63) is 57.7 Å². The van der Waals surface area contributed by atoms with Gasteiger partial charge in [-0.3, -0.25) is 0 Å². The predicted molar refractivity (Wildman–Crippen MR) is 85.5 cm³/mol. The van der Waals surface area contributed by atoms with Crippen LogP contribution in [0.5, 0.6) is 11.5 Å². The highest BCUT2D eigenvalue weighted by Gasteiger charge is 2.19. The lowest BCUT2D eigenvalue weighted by atomic mass is 10.2. The highest BCUT2D eigenvalue weighted by atomic mass is 127. The van der Waals surface area contributed by atoms with E-state index in [4.69, 9.17) is 4.74 Å². The molecule has 2 aromatic carbocycles. The van der Waals surface area contributed by atoms with Gasteiger partial charge < -0.3 is 10.1 Å². The molecule has 1 fully saturated rings. The van der Waals surface area contributed by atoms with Crippen molar-refractivity contribution < 1.29 is 4.74 Å². The van der Waals surface area contributed by atoms with Crippen molar-refractivity contribution in [2.24, 2.45) is 0 Å². The molecule has 0 aromatic heterocycles. The average molecular weight is 365 g/mol. The van der Waals surface area contributed by atoms with Crippen LogP contribution in [0.2, 0.25) is 0 Å². The van der Waals surface area contributed by atoms with Crippen LogP contribution in [0.4, 0.5) is 0 Å². The third-order valence-corrected chi connectivity index (χ3v) is 3.80. The summed E-state index contributed by atoms with van der Waals surface area (Å²) in [6, 6.07) is 17.1. The Morgan fingerprint density at radius 1 is 1.05 bits per heavy atom. The van der Waals surface area contributed by atoms with Crippen LogP contribution in [0.3, 0.4) is 0 Å². The van der Waals surface area contributed by atoms with Crippen LogP contribution in [-0.4, -0.2) is 6.04 Å². The van der Waals surface area contributed by atoms with Gasteiger partial charge in [-0.05, 0) is 71.3 Å². The number of rotatable bonds is 5. The first-order valence-electron chi connectivity index (χ1n) is 6.55. The SMILES string of the molecule is Ic1cccc(Oc2ccc(CNC3CC3)cc2)c1. The molecule has 0 spiro atoms.